The van der Waals surface area contributed by atoms with E-state index in [2.05, 4.69) is 34.2 Å². The van der Waals surface area contributed by atoms with E-state index >= 15 is 0 Å². The minimum Gasteiger partial charge on any atom is -0.332 e. The van der Waals surface area contributed by atoms with Crippen molar-refractivity contribution in [1.29, 1.82) is 0 Å². The normalized spacial score (nSPS) is 11.1. The standard InChI is InChI=1S/C25H20N4OS/c1-17-12-13-29-21(14-17)26-20(15-22(29)30)16-31-25-27-23(18-8-4-2-5-9-18)24(28-25)19-10-6-3-7-11-19/h2-15H,16H2,1H3,(H,27,28). The van der Waals surface area contributed by atoms with Crippen molar-refractivity contribution in [3.63, 3.8) is 0 Å². The van der Waals surface area contributed by atoms with Crippen LogP contribution < -0.4 is 5.56 Å². The molecule has 0 aliphatic heterocycles. The van der Waals surface area contributed by atoms with E-state index in [0.717, 1.165) is 38.9 Å². The van der Waals surface area contributed by atoms with Crippen molar-refractivity contribution in [1.82, 2.24) is 19.4 Å². The average molecular weight is 425 g/mol. The third kappa shape index (κ3) is 4.02. The zero-order valence-electron chi connectivity index (χ0n) is 16.9. The summed E-state index contributed by atoms with van der Waals surface area (Å²) in [6, 6.07) is 25.8. The highest BCUT2D eigenvalue weighted by atomic mass is 32.2. The summed E-state index contributed by atoms with van der Waals surface area (Å²) >= 11 is 1.54. The second-order valence-corrected chi connectivity index (χ2v) is 8.27. The Morgan fingerprint density at radius 2 is 1.61 bits per heavy atom. The van der Waals surface area contributed by atoms with Crippen LogP contribution in [0.4, 0.5) is 0 Å². The van der Waals surface area contributed by atoms with Gasteiger partial charge >= 0.3 is 0 Å². The lowest BCUT2D eigenvalue weighted by Gasteiger charge is -2.04. The lowest BCUT2D eigenvalue weighted by atomic mass is 10.1. The maximum absolute atomic E-state index is 12.4. The van der Waals surface area contributed by atoms with E-state index in [1.165, 1.54) is 0 Å². The Balaban J connectivity index is 1.48. The molecule has 2 aromatic carbocycles. The predicted octanol–water partition coefficient (Wildman–Crippen LogP) is 5.35. The second kappa shape index (κ2) is 8.24. The molecule has 0 saturated carbocycles. The van der Waals surface area contributed by atoms with Gasteiger partial charge in [-0.1, -0.05) is 72.4 Å². The van der Waals surface area contributed by atoms with E-state index in [1.54, 1.807) is 28.4 Å². The molecule has 3 heterocycles. The lowest BCUT2D eigenvalue weighted by Crippen LogP contribution is -2.15. The first-order valence-corrected chi connectivity index (χ1v) is 11.0. The van der Waals surface area contributed by atoms with Crippen molar-refractivity contribution in [2.75, 3.05) is 0 Å². The van der Waals surface area contributed by atoms with Crippen molar-refractivity contribution < 1.29 is 0 Å². The number of aromatic amines is 1. The smallest absolute Gasteiger partial charge is 0.258 e. The first-order valence-electron chi connectivity index (χ1n) is 10.00. The number of H-pyrrole nitrogens is 1. The van der Waals surface area contributed by atoms with Crippen LogP contribution >= 0.6 is 11.8 Å². The molecule has 3 aromatic heterocycles. The molecule has 5 rings (SSSR count). The quantitative estimate of drug-likeness (QED) is 0.386. The molecule has 31 heavy (non-hydrogen) atoms. The molecule has 6 heteroatoms. The van der Waals surface area contributed by atoms with Gasteiger partial charge in [-0.05, 0) is 24.6 Å². The molecule has 1 N–H and O–H groups in total. The fourth-order valence-electron chi connectivity index (χ4n) is 3.51. The third-order valence-electron chi connectivity index (χ3n) is 5.02. The number of nitrogens with one attached hydrogen (secondary N) is 1. The number of hydrogen-bond acceptors (Lipinski definition) is 4. The van der Waals surface area contributed by atoms with Gasteiger partial charge in [0, 0.05) is 29.1 Å². The number of thioether (sulfide) groups is 1. The Hall–Kier alpha value is -3.64. The van der Waals surface area contributed by atoms with Gasteiger partial charge in [0.1, 0.15) is 5.65 Å². The minimum atomic E-state index is -0.0741. The van der Waals surface area contributed by atoms with Gasteiger partial charge in [0.15, 0.2) is 5.16 Å². The zero-order valence-corrected chi connectivity index (χ0v) is 17.8. The van der Waals surface area contributed by atoms with Gasteiger partial charge in [-0.3, -0.25) is 9.20 Å². The molecule has 0 saturated heterocycles. The van der Waals surface area contributed by atoms with Gasteiger partial charge in [0.2, 0.25) is 0 Å². The van der Waals surface area contributed by atoms with Crippen LogP contribution in [-0.2, 0) is 5.75 Å². The predicted molar refractivity (Wildman–Crippen MR) is 125 cm³/mol. The van der Waals surface area contributed by atoms with Crippen LogP contribution in [0.2, 0.25) is 0 Å². The molecule has 0 atom stereocenters. The summed E-state index contributed by atoms with van der Waals surface area (Å²) in [5.74, 6) is 0.551. The Labute approximate surface area is 183 Å². The van der Waals surface area contributed by atoms with Gasteiger partial charge in [-0.15, -0.1) is 0 Å². The molecule has 5 nitrogen and oxygen atoms in total. The number of rotatable bonds is 5. The Morgan fingerprint density at radius 3 is 2.35 bits per heavy atom. The summed E-state index contributed by atoms with van der Waals surface area (Å²) in [6.45, 7) is 1.99. The van der Waals surface area contributed by atoms with Gasteiger partial charge in [-0.25, -0.2) is 9.97 Å². The summed E-state index contributed by atoms with van der Waals surface area (Å²) in [4.78, 5) is 25.4. The maximum Gasteiger partial charge on any atom is 0.258 e. The number of benzene rings is 2. The molecule has 0 radical (unpaired) electrons. The van der Waals surface area contributed by atoms with Crippen LogP contribution in [0, 0.1) is 6.92 Å². The second-order valence-electron chi connectivity index (χ2n) is 7.30. The molecule has 0 fully saturated rings. The molecule has 0 aliphatic carbocycles. The first kappa shape index (κ1) is 19.3. The number of fused-ring (bicyclic) bond motifs is 1. The topological polar surface area (TPSA) is 63.1 Å². The molecular formula is C25H20N4OS. The molecule has 0 spiro atoms. The summed E-state index contributed by atoms with van der Waals surface area (Å²) in [7, 11) is 0. The Bertz CT molecular complexity index is 1350. The van der Waals surface area contributed by atoms with Crippen molar-refractivity contribution in [3.8, 4) is 22.5 Å². The number of aryl methyl sites for hydroxylation is 1. The molecule has 0 aliphatic rings. The highest BCUT2D eigenvalue weighted by Crippen LogP contribution is 2.33. The van der Waals surface area contributed by atoms with Crippen LogP contribution in [-0.4, -0.2) is 19.4 Å². The van der Waals surface area contributed by atoms with E-state index in [0.29, 0.717) is 11.4 Å². The maximum atomic E-state index is 12.4. The number of hydrogen-bond donors (Lipinski definition) is 1. The summed E-state index contributed by atoms with van der Waals surface area (Å²) in [5.41, 5.74) is 6.43. The number of aromatic nitrogens is 4. The number of pyridine rings is 1. The Kier molecular flexibility index (Phi) is 5.14. The molecule has 0 bridgehead atoms. The number of nitrogens with zero attached hydrogens (tertiary/aromatic N) is 3. The highest BCUT2D eigenvalue weighted by molar-refractivity contribution is 7.98. The lowest BCUT2D eigenvalue weighted by molar-refractivity contribution is 1.00. The Morgan fingerprint density at radius 1 is 0.903 bits per heavy atom. The van der Waals surface area contributed by atoms with E-state index in [-0.39, 0.29) is 5.56 Å². The van der Waals surface area contributed by atoms with Crippen LogP contribution in [0.5, 0.6) is 0 Å². The average Bonchev–Trinajstić information content (AvgIpc) is 3.23. The van der Waals surface area contributed by atoms with Crippen LogP contribution in [0.1, 0.15) is 11.3 Å². The van der Waals surface area contributed by atoms with E-state index in [1.807, 2.05) is 55.5 Å². The van der Waals surface area contributed by atoms with Crippen LogP contribution in [0.15, 0.2) is 95.0 Å². The van der Waals surface area contributed by atoms with Crippen molar-refractivity contribution in [3.05, 3.63) is 107 Å². The molecule has 0 unspecified atom stereocenters. The highest BCUT2D eigenvalue weighted by Gasteiger charge is 2.15. The summed E-state index contributed by atoms with van der Waals surface area (Å²) in [6.07, 6.45) is 1.77. The zero-order chi connectivity index (χ0) is 21.2. The monoisotopic (exact) mass is 424 g/mol. The van der Waals surface area contributed by atoms with Crippen LogP contribution in [0.3, 0.4) is 0 Å². The van der Waals surface area contributed by atoms with Gasteiger partial charge in [0.05, 0.1) is 17.1 Å². The van der Waals surface area contributed by atoms with E-state index < -0.39 is 0 Å². The number of imidazole rings is 1. The van der Waals surface area contributed by atoms with Gasteiger partial charge < -0.3 is 4.98 Å². The minimum absolute atomic E-state index is 0.0741. The molecule has 0 amide bonds. The van der Waals surface area contributed by atoms with E-state index in [4.69, 9.17) is 4.98 Å². The van der Waals surface area contributed by atoms with Gasteiger partial charge in [-0.2, -0.15) is 0 Å². The van der Waals surface area contributed by atoms with Crippen LogP contribution in [0.25, 0.3) is 28.2 Å². The largest absolute Gasteiger partial charge is 0.332 e. The van der Waals surface area contributed by atoms with Crippen molar-refractivity contribution in [2.45, 2.75) is 17.8 Å². The summed E-state index contributed by atoms with van der Waals surface area (Å²) in [5, 5.41) is 0.795. The fraction of sp³-hybridized carbons (Fsp3) is 0.0800. The first-order chi connectivity index (χ1) is 15.2. The molecule has 152 valence electrons. The van der Waals surface area contributed by atoms with Crippen molar-refractivity contribution in [2.24, 2.45) is 0 Å². The molecular weight excluding hydrogens is 404 g/mol. The third-order valence-corrected chi connectivity index (χ3v) is 5.93. The molecule has 5 aromatic rings. The van der Waals surface area contributed by atoms with Gasteiger partial charge in [0.25, 0.3) is 5.56 Å². The van der Waals surface area contributed by atoms with E-state index in [9.17, 15) is 4.79 Å². The van der Waals surface area contributed by atoms with Crippen molar-refractivity contribution >= 4 is 17.4 Å². The summed E-state index contributed by atoms with van der Waals surface area (Å²) < 4.78 is 1.56. The fourth-order valence-corrected chi connectivity index (χ4v) is 4.27. The SMILES string of the molecule is Cc1ccn2c(=O)cc(CSc3nc(-c4ccccc4)c(-c4ccccc4)[nH]3)nc2c1.